The molecule has 6 heteroatoms. The lowest BCUT2D eigenvalue weighted by molar-refractivity contribution is -0.147. The molecule has 0 aromatic carbocycles. The average Bonchev–Trinajstić information content (AvgIpc) is 2.95. The Kier molecular flexibility index (Phi) is 7.07. The van der Waals surface area contributed by atoms with Crippen molar-refractivity contribution < 1.29 is 13.3 Å². The highest BCUT2D eigenvalue weighted by Crippen LogP contribution is 2.67. The van der Waals surface area contributed by atoms with E-state index in [0.717, 1.165) is 24.2 Å². The van der Waals surface area contributed by atoms with Crippen LogP contribution in [-0.4, -0.2) is 37.2 Å². The Hall–Kier alpha value is 0.111. The summed E-state index contributed by atoms with van der Waals surface area (Å²) in [5.74, 6) is 4.25. The van der Waals surface area contributed by atoms with Gasteiger partial charge in [-0.25, -0.2) is 0 Å². The van der Waals surface area contributed by atoms with Gasteiger partial charge < -0.3 is 13.3 Å². The van der Waals surface area contributed by atoms with Gasteiger partial charge in [0, 0.05) is 12.5 Å². The molecule has 0 aromatic rings. The molecule has 0 radical (unpaired) electrons. The SMILES string of the molecule is C[C@]12CCC3C(C[C@H](O[Si](C)(C)C)[C@H]4CC(O[Si](C)(C)C)=CC[C@]34C)C1CC[C@@H]2O[Si](C)(C)C. The van der Waals surface area contributed by atoms with Gasteiger partial charge in [0.05, 0.1) is 11.9 Å². The van der Waals surface area contributed by atoms with Crippen molar-refractivity contribution in [3.63, 3.8) is 0 Å². The highest BCUT2D eigenvalue weighted by Gasteiger charge is 2.62. The maximum Gasteiger partial charge on any atom is 0.241 e. The zero-order valence-electron chi connectivity index (χ0n) is 24.2. The molecule has 0 aliphatic heterocycles. The number of fused-ring (bicyclic) bond motifs is 5. The first kappa shape index (κ1) is 27.2. The van der Waals surface area contributed by atoms with Gasteiger partial charge in [0.2, 0.25) is 8.32 Å². The van der Waals surface area contributed by atoms with Crippen molar-refractivity contribution in [3.8, 4) is 0 Å². The number of allylic oxidation sites excluding steroid dienone is 2. The van der Waals surface area contributed by atoms with Crippen molar-refractivity contribution >= 4 is 25.0 Å². The summed E-state index contributed by atoms with van der Waals surface area (Å²) in [6.45, 7) is 26.4. The monoisotopic (exact) mass is 522 g/mol. The van der Waals surface area contributed by atoms with Crippen molar-refractivity contribution in [2.24, 2.45) is 34.5 Å². The summed E-state index contributed by atoms with van der Waals surface area (Å²) in [5, 5.41) is 0. The van der Waals surface area contributed by atoms with E-state index < -0.39 is 25.0 Å². The first-order chi connectivity index (χ1) is 15.4. The van der Waals surface area contributed by atoms with E-state index in [0.29, 0.717) is 29.0 Å². The normalized spacial score (nSPS) is 43.0. The Labute approximate surface area is 214 Å². The van der Waals surface area contributed by atoms with Crippen LogP contribution < -0.4 is 0 Å². The molecule has 0 saturated heterocycles. The third-order valence-electron chi connectivity index (χ3n) is 9.63. The van der Waals surface area contributed by atoms with Gasteiger partial charge >= 0.3 is 0 Å². The molecule has 8 atom stereocenters. The van der Waals surface area contributed by atoms with Gasteiger partial charge in [-0.15, -0.1) is 0 Å². The van der Waals surface area contributed by atoms with Crippen molar-refractivity contribution in [3.05, 3.63) is 11.8 Å². The highest BCUT2D eigenvalue weighted by molar-refractivity contribution is 6.70. The van der Waals surface area contributed by atoms with E-state index in [9.17, 15) is 0 Å². The summed E-state index contributed by atoms with van der Waals surface area (Å²) in [7, 11) is -4.78. The summed E-state index contributed by atoms with van der Waals surface area (Å²) in [5.41, 5.74) is 0.684. The second kappa shape index (κ2) is 8.85. The van der Waals surface area contributed by atoms with Gasteiger partial charge in [-0.1, -0.05) is 13.8 Å². The maximum absolute atomic E-state index is 7.07. The molecule has 4 aliphatic rings. The summed E-state index contributed by atoms with van der Waals surface area (Å²) < 4.78 is 20.5. The zero-order valence-corrected chi connectivity index (χ0v) is 27.2. The molecule has 196 valence electrons. The van der Waals surface area contributed by atoms with Gasteiger partial charge in [-0.2, -0.15) is 0 Å². The maximum atomic E-state index is 7.07. The van der Waals surface area contributed by atoms with Crippen LogP contribution in [0.1, 0.15) is 58.8 Å². The third kappa shape index (κ3) is 5.37. The van der Waals surface area contributed by atoms with Crippen molar-refractivity contribution in [2.45, 2.75) is 130 Å². The third-order valence-corrected chi connectivity index (χ3v) is 12.5. The van der Waals surface area contributed by atoms with E-state index >= 15 is 0 Å². The molecule has 34 heavy (non-hydrogen) atoms. The van der Waals surface area contributed by atoms with Crippen LogP contribution in [0.2, 0.25) is 58.9 Å². The Morgan fingerprint density at radius 2 is 1.35 bits per heavy atom. The largest absolute Gasteiger partial charge is 0.548 e. The van der Waals surface area contributed by atoms with Crippen LogP contribution in [0.15, 0.2) is 11.8 Å². The molecule has 3 saturated carbocycles. The molecule has 3 fully saturated rings. The molecular formula is C28H54O3Si3. The predicted molar refractivity (Wildman–Crippen MR) is 151 cm³/mol. The summed E-state index contributed by atoms with van der Waals surface area (Å²) in [6, 6.07) is 0. The number of rotatable bonds is 6. The Morgan fingerprint density at radius 3 is 1.94 bits per heavy atom. The standard InChI is InChI=1S/C28H54O3Si3/c1-27-16-14-20(29-32(3,4)5)18-24(27)25(30-33(6,7)8)19-21-22-12-13-26(31-34(9,10)11)28(22,2)17-15-23(21)27/h14,21-26H,12-13,15-19H2,1-11H3/t21?,22?,23?,24-,25+,26+,27-,28+/m1/s1. The lowest BCUT2D eigenvalue weighted by Crippen LogP contribution is -2.59. The summed E-state index contributed by atoms with van der Waals surface area (Å²) in [6.07, 6.45) is 12.2. The fourth-order valence-corrected chi connectivity index (χ4v) is 11.9. The van der Waals surface area contributed by atoms with Crippen LogP contribution in [0.5, 0.6) is 0 Å². The Balaban J connectivity index is 1.65. The second-order valence-corrected chi connectivity index (χ2v) is 29.0. The highest BCUT2D eigenvalue weighted by atomic mass is 28.4. The van der Waals surface area contributed by atoms with E-state index in [4.69, 9.17) is 13.3 Å². The van der Waals surface area contributed by atoms with Gasteiger partial charge in [0.25, 0.3) is 0 Å². The van der Waals surface area contributed by atoms with Crippen LogP contribution in [-0.2, 0) is 13.3 Å². The van der Waals surface area contributed by atoms with E-state index in [1.54, 1.807) is 0 Å². The Bertz CT molecular complexity index is 792. The molecule has 4 rings (SSSR count). The van der Waals surface area contributed by atoms with E-state index in [-0.39, 0.29) is 0 Å². The molecule has 0 bridgehead atoms. The minimum Gasteiger partial charge on any atom is -0.548 e. The topological polar surface area (TPSA) is 27.7 Å². The van der Waals surface area contributed by atoms with E-state index in [1.165, 1.54) is 44.3 Å². The minimum absolute atomic E-state index is 0.332. The van der Waals surface area contributed by atoms with Crippen molar-refractivity contribution in [2.75, 3.05) is 0 Å². The molecule has 0 amide bonds. The van der Waals surface area contributed by atoms with Gasteiger partial charge in [-0.3, -0.25) is 0 Å². The average molecular weight is 523 g/mol. The van der Waals surface area contributed by atoms with Crippen LogP contribution in [0, 0.1) is 34.5 Å². The van der Waals surface area contributed by atoms with Crippen molar-refractivity contribution in [1.29, 1.82) is 0 Å². The molecule has 3 nitrogen and oxygen atoms in total. The van der Waals surface area contributed by atoms with Crippen LogP contribution in [0.4, 0.5) is 0 Å². The lowest BCUT2D eigenvalue weighted by atomic mass is 9.45. The molecule has 0 heterocycles. The lowest BCUT2D eigenvalue weighted by Gasteiger charge is -2.62. The minimum atomic E-state index is -1.65. The van der Waals surface area contributed by atoms with Gasteiger partial charge in [0.15, 0.2) is 16.6 Å². The number of hydrogen-bond donors (Lipinski definition) is 0. The molecule has 4 aliphatic carbocycles. The quantitative estimate of drug-likeness (QED) is 0.328. The van der Waals surface area contributed by atoms with E-state index in [1.807, 2.05) is 0 Å². The zero-order chi connectivity index (χ0) is 25.3. The molecule has 0 aromatic heterocycles. The number of hydrogen-bond acceptors (Lipinski definition) is 3. The molecule has 3 unspecified atom stereocenters. The van der Waals surface area contributed by atoms with Crippen LogP contribution in [0.3, 0.4) is 0 Å². The fraction of sp³-hybridized carbons (Fsp3) is 0.929. The van der Waals surface area contributed by atoms with Crippen LogP contribution >= 0.6 is 0 Å². The molecular weight excluding hydrogens is 469 g/mol. The first-order valence-corrected chi connectivity index (χ1v) is 24.4. The van der Waals surface area contributed by atoms with Crippen molar-refractivity contribution in [1.82, 2.24) is 0 Å². The molecule has 0 spiro atoms. The summed E-state index contributed by atoms with van der Waals surface area (Å²) >= 11 is 0. The van der Waals surface area contributed by atoms with Crippen LogP contribution in [0.25, 0.3) is 0 Å². The fourth-order valence-electron chi connectivity index (χ4n) is 8.50. The van der Waals surface area contributed by atoms with E-state index in [2.05, 4.69) is 78.8 Å². The summed E-state index contributed by atoms with van der Waals surface area (Å²) in [4.78, 5) is 0. The van der Waals surface area contributed by atoms with Gasteiger partial charge in [-0.05, 0) is 138 Å². The molecule has 0 N–H and O–H groups in total. The van der Waals surface area contributed by atoms with Gasteiger partial charge in [0.1, 0.15) is 0 Å². The smallest absolute Gasteiger partial charge is 0.241 e. The Morgan fingerprint density at radius 1 is 0.735 bits per heavy atom. The predicted octanol–water partition coefficient (Wildman–Crippen LogP) is 8.42. The first-order valence-electron chi connectivity index (χ1n) is 14.1. The second-order valence-electron chi connectivity index (χ2n) is 15.6.